The molecule has 1 unspecified atom stereocenters. The van der Waals surface area contributed by atoms with Crippen molar-refractivity contribution in [2.75, 3.05) is 5.32 Å². The van der Waals surface area contributed by atoms with Crippen molar-refractivity contribution in [2.45, 2.75) is 58.4 Å². The summed E-state index contributed by atoms with van der Waals surface area (Å²) in [6, 6.07) is 0.502. The SMILES string of the molecule is CC1(C)CCCC(Nc2nc(CCC(=O)O)cs2)C1. The number of rotatable bonds is 5. The lowest BCUT2D eigenvalue weighted by molar-refractivity contribution is -0.136. The summed E-state index contributed by atoms with van der Waals surface area (Å²) in [5.74, 6) is -0.767. The first-order valence-corrected chi connectivity index (χ1v) is 7.75. The van der Waals surface area contributed by atoms with E-state index in [4.69, 9.17) is 5.11 Å². The molecule has 19 heavy (non-hydrogen) atoms. The van der Waals surface area contributed by atoms with E-state index in [0.29, 0.717) is 17.9 Å². The Labute approximate surface area is 118 Å². The first-order valence-electron chi connectivity index (χ1n) is 6.87. The number of anilines is 1. The highest BCUT2D eigenvalue weighted by molar-refractivity contribution is 7.13. The lowest BCUT2D eigenvalue weighted by atomic mass is 9.75. The summed E-state index contributed by atoms with van der Waals surface area (Å²) >= 11 is 1.58. The van der Waals surface area contributed by atoms with Gasteiger partial charge in [-0.2, -0.15) is 0 Å². The van der Waals surface area contributed by atoms with Crippen molar-refractivity contribution < 1.29 is 9.90 Å². The van der Waals surface area contributed by atoms with Gasteiger partial charge in [-0.05, 0) is 24.7 Å². The fourth-order valence-electron chi connectivity index (χ4n) is 2.72. The molecule has 0 radical (unpaired) electrons. The van der Waals surface area contributed by atoms with Crippen LogP contribution in [0, 0.1) is 5.41 Å². The third kappa shape index (κ3) is 4.49. The van der Waals surface area contributed by atoms with Gasteiger partial charge in [0.25, 0.3) is 0 Å². The predicted molar refractivity (Wildman–Crippen MR) is 77.7 cm³/mol. The number of carboxylic acid groups (broad SMARTS) is 1. The molecule has 1 aromatic rings. The Balaban J connectivity index is 1.87. The van der Waals surface area contributed by atoms with E-state index in [0.717, 1.165) is 10.8 Å². The minimum absolute atomic E-state index is 0.152. The second kappa shape index (κ2) is 5.90. The van der Waals surface area contributed by atoms with Gasteiger partial charge in [-0.3, -0.25) is 4.79 Å². The van der Waals surface area contributed by atoms with Crippen LogP contribution >= 0.6 is 11.3 Å². The normalized spacial score (nSPS) is 22.1. The molecule has 2 rings (SSSR count). The minimum Gasteiger partial charge on any atom is -0.481 e. The third-order valence-corrected chi connectivity index (χ3v) is 4.50. The molecule has 0 aliphatic heterocycles. The van der Waals surface area contributed by atoms with Crippen LogP contribution in [-0.4, -0.2) is 22.1 Å². The van der Waals surface area contributed by atoms with Crippen LogP contribution in [0.3, 0.4) is 0 Å². The molecule has 106 valence electrons. The van der Waals surface area contributed by atoms with Gasteiger partial charge in [-0.1, -0.05) is 20.3 Å². The zero-order valence-electron chi connectivity index (χ0n) is 11.6. The number of nitrogens with one attached hydrogen (secondary N) is 1. The average Bonchev–Trinajstić information content (AvgIpc) is 2.73. The summed E-state index contributed by atoms with van der Waals surface area (Å²) in [5.41, 5.74) is 1.30. The Kier molecular flexibility index (Phi) is 4.45. The fourth-order valence-corrected chi connectivity index (χ4v) is 3.54. The van der Waals surface area contributed by atoms with Crippen LogP contribution in [0.25, 0.3) is 0 Å². The average molecular weight is 282 g/mol. The number of nitrogens with zero attached hydrogens (tertiary/aromatic N) is 1. The predicted octanol–water partition coefficient (Wildman–Crippen LogP) is 3.54. The summed E-state index contributed by atoms with van der Waals surface area (Å²) in [7, 11) is 0. The van der Waals surface area contributed by atoms with Crippen molar-refractivity contribution in [2.24, 2.45) is 5.41 Å². The smallest absolute Gasteiger partial charge is 0.303 e. The van der Waals surface area contributed by atoms with Gasteiger partial charge in [0.2, 0.25) is 0 Å². The number of thiazole rings is 1. The molecule has 5 heteroatoms. The molecule has 1 saturated carbocycles. The summed E-state index contributed by atoms with van der Waals surface area (Å²) in [6.45, 7) is 4.64. The molecule has 0 aromatic carbocycles. The molecular formula is C14H22N2O2S. The van der Waals surface area contributed by atoms with Crippen molar-refractivity contribution in [3.63, 3.8) is 0 Å². The number of aliphatic carboxylic acids is 1. The van der Waals surface area contributed by atoms with E-state index >= 15 is 0 Å². The lowest BCUT2D eigenvalue weighted by Gasteiger charge is -2.35. The van der Waals surface area contributed by atoms with Crippen molar-refractivity contribution in [3.05, 3.63) is 11.1 Å². The second-order valence-electron chi connectivity index (χ2n) is 6.14. The van der Waals surface area contributed by atoms with Gasteiger partial charge in [0.15, 0.2) is 5.13 Å². The maximum atomic E-state index is 10.5. The molecule has 4 nitrogen and oxygen atoms in total. The number of hydrogen-bond acceptors (Lipinski definition) is 4. The van der Waals surface area contributed by atoms with Crippen LogP contribution in [0.5, 0.6) is 0 Å². The van der Waals surface area contributed by atoms with Crippen LogP contribution < -0.4 is 5.32 Å². The Hall–Kier alpha value is -1.10. The highest BCUT2D eigenvalue weighted by Crippen LogP contribution is 2.36. The van der Waals surface area contributed by atoms with Crippen molar-refractivity contribution in [3.8, 4) is 0 Å². The van der Waals surface area contributed by atoms with E-state index in [2.05, 4.69) is 24.1 Å². The van der Waals surface area contributed by atoms with E-state index in [9.17, 15) is 4.79 Å². The van der Waals surface area contributed by atoms with Crippen molar-refractivity contribution in [1.82, 2.24) is 4.98 Å². The van der Waals surface area contributed by atoms with Crippen LogP contribution in [0.2, 0.25) is 0 Å². The topological polar surface area (TPSA) is 62.2 Å². The molecular weight excluding hydrogens is 260 g/mol. The largest absolute Gasteiger partial charge is 0.481 e. The maximum Gasteiger partial charge on any atom is 0.303 e. The highest BCUT2D eigenvalue weighted by Gasteiger charge is 2.28. The van der Waals surface area contributed by atoms with Crippen molar-refractivity contribution >= 4 is 22.4 Å². The number of aromatic nitrogens is 1. The van der Waals surface area contributed by atoms with E-state index in [1.807, 2.05) is 5.38 Å². The number of carbonyl (C=O) groups is 1. The number of carboxylic acids is 1. The molecule has 1 fully saturated rings. The third-order valence-electron chi connectivity index (χ3n) is 3.68. The molecule has 0 saturated heterocycles. The Morgan fingerprint density at radius 3 is 3.11 bits per heavy atom. The first kappa shape index (κ1) is 14.3. The van der Waals surface area contributed by atoms with Crippen LogP contribution in [-0.2, 0) is 11.2 Å². The molecule has 1 aliphatic carbocycles. The Morgan fingerprint density at radius 2 is 2.42 bits per heavy atom. The monoisotopic (exact) mass is 282 g/mol. The lowest BCUT2D eigenvalue weighted by Crippen LogP contribution is -2.31. The van der Waals surface area contributed by atoms with E-state index in [1.54, 1.807) is 11.3 Å². The number of hydrogen-bond donors (Lipinski definition) is 2. The Morgan fingerprint density at radius 1 is 1.63 bits per heavy atom. The van der Waals surface area contributed by atoms with E-state index in [1.165, 1.54) is 25.7 Å². The van der Waals surface area contributed by atoms with Gasteiger partial charge in [0, 0.05) is 17.8 Å². The quantitative estimate of drug-likeness (QED) is 0.867. The van der Waals surface area contributed by atoms with E-state index < -0.39 is 5.97 Å². The van der Waals surface area contributed by atoms with Gasteiger partial charge >= 0.3 is 5.97 Å². The number of aryl methyl sites for hydroxylation is 1. The standard InChI is InChI=1S/C14H22N2O2S/c1-14(2)7-3-4-10(8-14)15-13-16-11(9-19-13)5-6-12(17)18/h9-10H,3-8H2,1-2H3,(H,15,16)(H,17,18). The summed E-state index contributed by atoms with van der Waals surface area (Å²) < 4.78 is 0. The van der Waals surface area contributed by atoms with Gasteiger partial charge in [-0.25, -0.2) is 4.98 Å². The first-order chi connectivity index (χ1) is 8.94. The summed E-state index contributed by atoms with van der Waals surface area (Å²) in [4.78, 5) is 15.0. The molecule has 0 spiro atoms. The van der Waals surface area contributed by atoms with Gasteiger partial charge in [-0.15, -0.1) is 11.3 Å². The van der Waals surface area contributed by atoms with Gasteiger partial charge in [0.05, 0.1) is 12.1 Å². The van der Waals surface area contributed by atoms with Gasteiger partial charge in [0.1, 0.15) is 0 Å². The summed E-state index contributed by atoms with van der Waals surface area (Å²) in [5, 5.41) is 15.1. The van der Waals surface area contributed by atoms with E-state index in [-0.39, 0.29) is 6.42 Å². The zero-order valence-corrected chi connectivity index (χ0v) is 12.4. The molecule has 1 heterocycles. The Bertz CT molecular complexity index is 442. The summed E-state index contributed by atoms with van der Waals surface area (Å²) in [6.07, 6.45) is 5.61. The molecule has 1 atom stereocenters. The van der Waals surface area contributed by atoms with Crippen molar-refractivity contribution in [1.29, 1.82) is 0 Å². The van der Waals surface area contributed by atoms with Crippen LogP contribution in [0.1, 0.15) is 51.6 Å². The highest BCUT2D eigenvalue weighted by atomic mass is 32.1. The molecule has 1 aliphatic rings. The molecule has 0 bridgehead atoms. The maximum absolute atomic E-state index is 10.5. The van der Waals surface area contributed by atoms with Crippen LogP contribution in [0.4, 0.5) is 5.13 Å². The molecule has 1 aromatic heterocycles. The minimum atomic E-state index is -0.767. The fraction of sp³-hybridized carbons (Fsp3) is 0.714. The van der Waals surface area contributed by atoms with Crippen LogP contribution in [0.15, 0.2) is 5.38 Å². The second-order valence-corrected chi connectivity index (χ2v) is 7.00. The van der Waals surface area contributed by atoms with Gasteiger partial charge < -0.3 is 10.4 Å². The zero-order chi connectivity index (χ0) is 13.9. The molecule has 0 amide bonds. The molecule has 2 N–H and O–H groups in total.